The molecule has 1 aliphatic carbocycles. The number of methoxy groups -OCH3 is 2. The molecule has 0 saturated heterocycles. The minimum absolute atomic E-state index is 0.0632. The summed E-state index contributed by atoms with van der Waals surface area (Å²) < 4.78 is 9.89. The third-order valence-corrected chi connectivity index (χ3v) is 1.83. The summed E-state index contributed by atoms with van der Waals surface area (Å²) in [6.07, 6.45) is 3.06. The predicted octanol–water partition coefficient (Wildman–Crippen LogP) is 1.28. The van der Waals surface area contributed by atoms with Crippen LogP contribution in [0.1, 0.15) is 0 Å². The first-order valence-corrected chi connectivity index (χ1v) is 3.91. The molecule has 1 N–H and O–H groups in total. The van der Waals surface area contributed by atoms with Crippen molar-refractivity contribution in [3.05, 3.63) is 41.7 Å². The Balaban J connectivity index is 3.04. The molecule has 0 aromatic carbocycles. The van der Waals surface area contributed by atoms with Crippen molar-refractivity contribution < 1.29 is 19.4 Å². The normalized spacial score (nSPS) is 17.1. The molecule has 14 heavy (non-hydrogen) atoms. The van der Waals surface area contributed by atoms with E-state index in [1.54, 1.807) is 6.08 Å². The van der Waals surface area contributed by atoms with E-state index in [1.807, 2.05) is 0 Å². The Labute approximate surface area is 82.1 Å². The summed E-state index contributed by atoms with van der Waals surface area (Å²) in [4.78, 5) is 10.8. The molecule has 0 aromatic rings. The molecule has 0 atom stereocenters. The molecular weight excluding hydrogens is 184 g/mol. The van der Waals surface area contributed by atoms with E-state index in [0.717, 1.165) is 0 Å². The maximum Gasteiger partial charge on any atom is 0.323 e. The second-order valence-corrected chi connectivity index (χ2v) is 2.67. The maximum atomic E-state index is 10.8. The molecule has 0 spiro atoms. The van der Waals surface area contributed by atoms with Crippen molar-refractivity contribution in [2.75, 3.05) is 14.2 Å². The van der Waals surface area contributed by atoms with Gasteiger partial charge in [-0.2, -0.15) is 0 Å². The predicted molar refractivity (Wildman–Crippen MR) is 50.2 cm³/mol. The molecule has 4 heteroatoms. The molecule has 0 heterocycles. The summed E-state index contributed by atoms with van der Waals surface area (Å²) in [6.45, 7) is 3.62. The Kier molecular flexibility index (Phi) is 2.96. The van der Waals surface area contributed by atoms with Crippen LogP contribution in [0.3, 0.4) is 0 Å². The van der Waals surface area contributed by atoms with E-state index < -0.39 is 5.97 Å². The van der Waals surface area contributed by atoms with E-state index in [2.05, 4.69) is 6.58 Å². The van der Waals surface area contributed by atoms with Gasteiger partial charge in [-0.3, -0.25) is 4.79 Å². The van der Waals surface area contributed by atoms with E-state index in [-0.39, 0.29) is 11.7 Å². The van der Waals surface area contributed by atoms with Crippen LogP contribution in [0.5, 0.6) is 0 Å². The first-order chi connectivity index (χ1) is 6.60. The summed E-state index contributed by atoms with van der Waals surface area (Å²) in [5.41, 5.74) is 0.369. The van der Waals surface area contributed by atoms with E-state index in [1.165, 1.54) is 20.3 Å². The Morgan fingerprint density at radius 3 is 2.43 bits per heavy atom. The number of carbonyl (C=O) groups is 1. The standard InChI is InChI=1S/C10H11O4/c1-6-4-7(13-2)5-8(14-3)9(6)10(11)12/h4-5H,1H2,2-3H3,(H,11,12). The maximum absolute atomic E-state index is 10.8. The lowest BCUT2D eigenvalue weighted by atomic mass is 9.93. The van der Waals surface area contributed by atoms with Gasteiger partial charge < -0.3 is 14.6 Å². The molecular formula is C10H11O4. The number of rotatable bonds is 3. The Morgan fingerprint density at radius 1 is 1.36 bits per heavy atom. The highest BCUT2D eigenvalue weighted by Crippen LogP contribution is 2.30. The van der Waals surface area contributed by atoms with Gasteiger partial charge in [-0.1, -0.05) is 6.58 Å². The van der Waals surface area contributed by atoms with Crippen molar-refractivity contribution in [3.63, 3.8) is 0 Å². The fourth-order valence-corrected chi connectivity index (χ4v) is 1.17. The van der Waals surface area contributed by atoms with E-state index in [9.17, 15) is 4.79 Å². The van der Waals surface area contributed by atoms with Gasteiger partial charge in [0.2, 0.25) is 0 Å². The summed E-state index contributed by atoms with van der Waals surface area (Å²) in [5.74, 6) is -0.221. The van der Waals surface area contributed by atoms with Gasteiger partial charge in [0.05, 0.1) is 14.2 Å². The van der Waals surface area contributed by atoms with Crippen LogP contribution in [0.4, 0.5) is 0 Å². The van der Waals surface area contributed by atoms with Crippen LogP contribution >= 0.6 is 0 Å². The van der Waals surface area contributed by atoms with Crippen LogP contribution < -0.4 is 0 Å². The largest absolute Gasteiger partial charge is 0.499 e. The van der Waals surface area contributed by atoms with Gasteiger partial charge in [-0.15, -0.1) is 0 Å². The van der Waals surface area contributed by atoms with Gasteiger partial charge in [0.15, 0.2) is 5.92 Å². The topological polar surface area (TPSA) is 55.8 Å². The third-order valence-electron chi connectivity index (χ3n) is 1.83. The highest BCUT2D eigenvalue weighted by atomic mass is 16.5. The highest BCUT2D eigenvalue weighted by Gasteiger charge is 2.30. The van der Waals surface area contributed by atoms with Crippen molar-refractivity contribution >= 4 is 5.97 Å². The molecule has 1 rings (SSSR count). The van der Waals surface area contributed by atoms with Crippen LogP contribution in [-0.4, -0.2) is 25.3 Å². The molecule has 1 aliphatic rings. The van der Waals surface area contributed by atoms with Crippen molar-refractivity contribution in [1.29, 1.82) is 0 Å². The zero-order valence-corrected chi connectivity index (χ0v) is 8.03. The van der Waals surface area contributed by atoms with Crippen molar-refractivity contribution in [2.24, 2.45) is 0 Å². The van der Waals surface area contributed by atoms with E-state index >= 15 is 0 Å². The Bertz CT molecular complexity index is 325. The second-order valence-electron chi connectivity index (χ2n) is 2.67. The fraction of sp³-hybridized carbons (Fsp3) is 0.200. The van der Waals surface area contributed by atoms with Gasteiger partial charge in [0.25, 0.3) is 0 Å². The van der Waals surface area contributed by atoms with Gasteiger partial charge in [0, 0.05) is 6.08 Å². The molecule has 75 valence electrons. The lowest BCUT2D eigenvalue weighted by molar-refractivity contribution is -0.134. The first kappa shape index (κ1) is 10.4. The van der Waals surface area contributed by atoms with Gasteiger partial charge in [-0.05, 0) is 11.6 Å². The lowest BCUT2D eigenvalue weighted by Gasteiger charge is -2.19. The molecule has 1 radical (unpaired) electrons. The molecule has 0 aliphatic heterocycles. The lowest BCUT2D eigenvalue weighted by Crippen LogP contribution is -2.19. The average Bonchev–Trinajstić information content (AvgIpc) is 2.15. The molecule has 0 amide bonds. The third kappa shape index (κ3) is 1.79. The van der Waals surface area contributed by atoms with Gasteiger partial charge in [0.1, 0.15) is 11.5 Å². The average molecular weight is 195 g/mol. The molecule has 0 fully saturated rings. The number of carboxylic acids is 1. The van der Waals surface area contributed by atoms with E-state index in [4.69, 9.17) is 14.6 Å². The second kappa shape index (κ2) is 4.00. The minimum atomic E-state index is -1.06. The number of allylic oxidation sites excluding steroid dienone is 2. The zero-order valence-electron chi connectivity index (χ0n) is 8.03. The van der Waals surface area contributed by atoms with E-state index in [0.29, 0.717) is 11.3 Å². The monoisotopic (exact) mass is 195 g/mol. The molecule has 0 saturated carbocycles. The van der Waals surface area contributed by atoms with Crippen LogP contribution in [0.2, 0.25) is 0 Å². The molecule has 0 aromatic heterocycles. The summed E-state index contributed by atoms with van der Waals surface area (Å²) >= 11 is 0. The van der Waals surface area contributed by atoms with Crippen LogP contribution in [0.25, 0.3) is 0 Å². The number of aliphatic carboxylic acids is 1. The minimum Gasteiger partial charge on any atom is -0.499 e. The van der Waals surface area contributed by atoms with Gasteiger partial charge >= 0.3 is 5.97 Å². The Hall–Kier alpha value is -1.71. The number of hydrogen-bond donors (Lipinski definition) is 1. The van der Waals surface area contributed by atoms with Gasteiger partial charge in [-0.25, -0.2) is 0 Å². The number of hydrogen-bond acceptors (Lipinski definition) is 3. The number of carboxylic acid groups (broad SMARTS) is 1. The van der Waals surface area contributed by atoms with Crippen LogP contribution in [-0.2, 0) is 14.3 Å². The smallest absolute Gasteiger partial charge is 0.323 e. The highest BCUT2D eigenvalue weighted by molar-refractivity contribution is 5.93. The first-order valence-electron chi connectivity index (χ1n) is 3.91. The zero-order chi connectivity index (χ0) is 10.7. The summed E-state index contributed by atoms with van der Waals surface area (Å²) in [6, 6.07) is 0. The summed E-state index contributed by atoms with van der Waals surface area (Å²) in [5, 5.41) is 8.88. The van der Waals surface area contributed by atoms with Crippen molar-refractivity contribution in [2.45, 2.75) is 0 Å². The number of ether oxygens (including phenoxy) is 2. The quantitative estimate of drug-likeness (QED) is 0.736. The molecule has 4 nitrogen and oxygen atoms in total. The fourth-order valence-electron chi connectivity index (χ4n) is 1.17. The summed E-state index contributed by atoms with van der Waals surface area (Å²) in [7, 11) is 2.90. The van der Waals surface area contributed by atoms with Crippen LogP contribution in [0, 0.1) is 5.92 Å². The van der Waals surface area contributed by atoms with Crippen LogP contribution in [0.15, 0.2) is 35.8 Å². The van der Waals surface area contributed by atoms with Crippen molar-refractivity contribution in [1.82, 2.24) is 0 Å². The SMILES string of the molecule is C=C1C=C(OC)C=C(OC)[C]1C(=O)O. The van der Waals surface area contributed by atoms with Crippen molar-refractivity contribution in [3.8, 4) is 0 Å². The molecule has 0 unspecified atom stereocenters. The molecule has 0 bridgehead atoms. The Morgan fingerprint density at radius 2 is 2.00 bits per heavy atom.